The van der Waals surface area contributed by atoms with Gasteiger partial charge in [0.1, 0.15) is 0 Å². The minimum atomic E-state index is -0.997. The Balaban J connectivity index is 1.74. The van der Waals surface area contributed by atoms with Crippen LogP contribution in [0.15, 0.2) is 48.5 Å². The molecule has 180 valence electrons. The lowest BCUT2D eigenvalue weighted by Crippen LogP contribution is -2.37. The number of rotatable bonds is 4. The third kappa shape index (κ3) is 5.40. The van der Waals surface area contributed by atoms with E-state index in [1.807, 2.05) is 29.6 Å². The molecule has 1 aromatic heterocycles. The van der Waals surface area contributed by atoms with Crippen molar-refractivity contribution in [2.75, 3.05) is 6.61 Å². The summed E-state index contributed by atoms with van der Waals surface area (Å²) in [5.41, 5.74) is 11.1. The molecule has 0 bridgehead atoms. The Morgan fingerprint density at radius 1 is 1.06 bits per heavy atom. The third-order valence-electron chi connectivity index (χ3n) is 6.09. The molecule has 3 amide bonds. The molecular weight excluding hydrogens is 442 g/mol. The first-order chi connectivity index (χ1) is 16.6. The molecule has 0 atom stereocenters. The predicted molar refractivity (Wildman–Crippen MR) is 136 cm³/mol. The van der Waals surface area contributed by atoms with E-state index in [9.17, 15) is 14.4 Å². The first-order valence-electron chi connectivity index (χ1n) is 11.6. The number of amides is 3. The molecule has 4 rings (SSSR count). The Hall–Kier alpha value is -4.00. The van der Waals surface area contributed by atoms with Crippen LogP contribution in [0.25, 0.3) is 22.6 Å². The van der Waals surface area contributed by atoms with Gasteiger partial charge in [0.25, 0.3) is 5.91 Å². The molecule has 7 nitrogen and oxygen atoms in total. The summed E-state index contributed by atoms with van der Waals surface area (Å²) in [5.74, 6) is -1.41. The Morgan fingerprint density at radius 2 is 1.77 bits per heavy atom. The molecule has 7 heteroatoms. The van der Waals surface area contributed by atoms with Gasteiger partial charge in [0.2, 0.25) is 0 Å². The number of esters is 1. The number of benzene rings is 2. The number of fused-ring (bicyclic) bond motifs is 2. The van der Waals surface area contributed by atoms with Crippen LogP contribution in [0.1, 0.15) is 66.4 Å². The molecule has 1 aliphatic carbocycles. The SMILES string of the molecule is CC(C)(C)c1ccc(C=C2CCCc3c2nc2ccccc2c3C(=O)OCC(=O)NC(N)=O)cc1. The fraction of sp³-hybridized carbons (Fsp3) is 0.286. The number of hydrogen-bond donors (Lipinski definition) is 2. The van der Waals surface area contributed by atoms with Crippen molar-refractivity contribution in [3.8, 4) is 0 Å². The highest BCUT2D eigenvalue weighted by atomic mass is 16.5. The van der Waals surface area contributed by atoms with E-state index in [1.54, 1.807) is 0 Å². The van der Waals surface area contributed by atoms with Gasteiger partial charge in [0, 0.05) is 5.39 Å². The summed E-state index contributed by atoms with van der Waals surface area (Å²) >= 11 is 0. The lowest BCUT2D eigenvalue weighted by molar-refractivity contribution is -0.123. The monoisotopic (exact) mass is 471 g/mol. The van der Waals surface area contributed by atoms with Crippen molar-refractivity contribution in [3.63, 3.8) is 0 Å². The Morgan fingerprint density at radius 3 is 2.46 bits per heavy atom. The van der Waals surface area contributed by atoms with Crippen LogP contribution < -0.4 is 11.1 Å². The average Bonchev–Trinajstić information content (AvgIpc) is 2.81. The zero-order valence-electron chi connectivity index (χ0n) is 20.2. The van der Waals surface area contributed by atoms with Crippen molar-refractivity contribution in [3.05, 3.63) is 76.5 Å². The number of carbonyl (C=O) groups excluding carboxylic acids is 3. The molecule has 0 saturated heterocycles. The number of nitrogens with zero attached hydrogens (tertiary/aromatic N) is 1. The fourth-order valence-electron chi connectivity index (χ4n) is 4.37. The van der Waals surface area contributed by atoms with Gasteiger partial charge in [0.15, 0.2) is 6.61 Å². The van der Waals surface area contributed by atoms with Gasteiger partial charge in [-0.1, -0.05) is 63.2 Å². The van der Waals surface area contributed by atoms with Gasteiger partial charge >= 0.3 is 12.0 Å². The maximum absolute atomic E-state index is 13.2. The molecule has 0 aliphatic heterocycles. The van der Waals surface area contributed by atoms with Gasteiger partial charge < -0.3 is 10.5 Å². The van der Waals surface area contributed by atoms with Gasteiger partial charge in [-0.25, -0.2) is 14.6 Å². The summed E-state index contributed by atoms with van der Waals surface area (Å²) in [6.07, 6.45) is 4.50. The maximum atomic E-state index is 13.2. The third-order valence-corrected chi connectivity index (χ3v) is 6.09. The van der Waals surface area contributed by atoms with Crippen LogP contribution in [0.4, 0.5) is 4.79 Å². The van der Waals surface area contributed by atoms with Gasteiger partial charge in [-0.2, -0.15) is 0 Å². The summed E-state index contributed by atoms with van der Waals surface area (Å²) in [6.45, 7) is 5.96. The number of carbonyl (C=O) groups is 3. The molecule has 1 aliphatic rings. The molecule has 0 spiro atoms. The van der Waals surface area contributed by atoms with E-state index in [2.05, 4.69) is 51.1 Å². The lowest BCUT2D eigenvalue weighted by atomic mass is 9.85. The summed E-state index contributed by atoms with van der Waals surface area (Å²) in [6, 6.07) is 14.9. The highest BCUT2D eigenvalue weighted by Gasteiger charge is 2.26. The number of allylic oxidation sites excluding steroid dienone is 1. The number of primary amides is 1. The van der Waals surface area contributed by atoms with Crippen LogP contribution in [-0.4, -0.2) is 29.5 Å². The Bertz CT molecular complexity index is 1330. The van der Waals surface area contributed by atoms with Crippen molar-refractivity contribution < 1.29 is 19.1 Å². The molecule has 0 radical (unpaired) electrons. The molecular formula is C28H29N3O4. The Kier molecular flexibility index (Phi) is 6.69. The molecule has 0 saturated carbocycles. The minimum absolute atomic E-state index is 0.0766. The zero-order valence-corrected chi connectivity index (χ0v) is 20.2. The van der Waals surface area contributed by atoms with Crippen LogP contribution in [0.2, 0.25) is 0 Å². The second kappa shape index (κ2) is 9.70. The first-order valence-corrected chi connectivity index (χ1v) is 11.6. The highest BCUT2D eigenvalue weighted by Crippen LogP contribution is 2.36. The molecule has 1 heterocycles. The number of hydrogen-bond acceptors (Lipinski definition) is 5. The largest absolute Gasteiger partial charge is 0.452 e. The summed E-state index contributed by atoms with van der Waals surface area (Å²) in [4.78, 5) is 40.7. The van der Waals surface area contributed by atoms with Crippen LogP contribution in [0, 0.1) is 0 Å². The lowest BCUT2D eigenvalue weighted by Gasteiger charge is -2.22. The topological polar surface area (TPSA) is 111 Å². The van der Waals surface area contributed by atoms with Crippen molar-refractivity contribution in [2.45, 2.75) is 45.4 Å². The van der Waals surface area contributed by atoms with E-state index >= 15 is 0 Å². The van der Waals surface area contributed by atoms with E-state index in [1.165, 1.54) is 5.56 Å². The number of urea groups is 1. The summed E-state index contributed by atoms with van der Waals surface area (Å²) in [5, 5.41) is 2.57. The van der Waals surface area contributed by atoms with Gasteiger partial charge in [-0.15, -0.1) is 0 Å². The minimum Gasteiger partial charge on any atom is -0.452 e. The standard InChI is InChI=1S/C28H29N3O4/c1-28(2,3)19-13-11-17(12-14-19)15-18-7-6-9-21-24(26(33)35-16-23(32)31-27(29)34)20-8-4-5-10-22(20)30-25(18)21/h4-5,8,10-15H,6-7,9,16H2,1-3H3,(H3,29,31,32,34). The van der Waals surface area contributed by atoms with Crippen LogP contribution in [0.5, 0.6) is 0 Å². The normalized spacial score (nSPS) is 14.4. The quantitative estimate of drug-likeness (QED) is 0.533. The summed E-state index contributed by atoms with van der Waals surface area (Å²) < 4.78 is 5.26. The van der Waals surface area contributed by atoms with E-state index in [0.29, 0.717) is 22.9 Å². The van der Waals surface area contributed by atoms with Crippen LogP contribution in [-0.2, 0) is 21.4 Å². The zero-order chi connectivity index (χ0) is 25.2. The van der Waals surface area contributed by atoms with E-state index in [-0.39, 0.29) is 5.41 Å². The van der Waals surface area contributed by atoms with Crippen molar-refractivity contribution >= 4 is 40.5 Å². The molecule has 0 unspecified atom stereocenters. The number of ether oxygens (including phenoxy) is 1. The molecule has 3 aromatic rings. The number of para-hydroxylation sites is 1. The number of nitrogens with one attached hydrogen (secondary N) is 1. The van der Waals surface area contributed by atoms with Crippen molar-refractivity contribution in [1.29, 1.82) is 0 Å². The van der Waals surface area contributed by atoms with Gasteiger partial charge in [-0.05, 0) is 59.1 Å². The van der Waals surface area contributed by atoms with E-state index in [0.717, 1.165) is 35.2 Å². The van der Waals surface area contributed by atoms with E-state index < -0.39 is 24.5 Å². The van der Waals surface area contributed by atoms with Gasteiger partial charge in [0.05, 0.1) is 16.8 Å². The highest BCUT2D eigenvalue weighted by molar-refractivity contribution is 6.07. The van der Waals surface area contributed by atoms with E-state index in [4.69, 9.17) is 15.5 Å². The molecule has 2 aromatic carbocycles. The average molecular weight is 472 g/mol. The molecule has 3 N–H and O–H groups in total. The molecule has 0 fully saturated rings. The van der Waals surface area contributed by atoms with Crippen LogP contribution in [0.3, 0.4) is 0 Å². The smallest absolute Gasteiger partial charge is 0.339 e. The first kappa shape index (κ1) is 24.1. The van der Waals surface area contributed by atoms with Gasteiger partial charge in [-0.3, -0.25) is 10.1 Å². The Labute approximate surface area is 204 Å². The fourth-order valence-corrected chi connectivity index (χ4v) is 4.37. The van der Waals surface area contributed by atoms with Crippen molar-refractivity contribution in [1.82, 2.24) is 10.3 Å². The number of aromatic nitrogens is 1. The summed E-state index contributed by atoms with van der Waals surface area (Å²) in [7, 11) is 0. The number of imide groups is 1. The van der Waals surface area contributed by atoms with Crippen molar-refractivity contribution in [2.24, 2.45) is 5.73 Å². The number of nitrogens with two attached hydrogens (primary N) is 1. The second-order valence-electron chi connectivity index (χ2n) is 9.71. The molecule has 35 heavy (non-hydrogen) atoms. The number of pyridine rings is 1. The van der Waals surface area contributed by atoms with Crippen LogP contribution >= 0.6 is 0 Å². The maximum Gasteiger partial charge on any atom is 0.339 e. The predicted octanol–water partition coefficient (Wildman–Crippen LogP) is 4.76. The second-order valence-corrected chi connectivity index (χ2v) is 9.71.